The Morgan fingerprint density at radius 1 is 1.33 bits per heavy atom. The van der Waals surface area contributed by atoms with Gasteiger partial charge in [-0.1, -0.05) is 37.1 Å². The highest BCUT2D eigenvalue weighted by Crippen LogP contribution is 2.42. The van der Waals surface area contributed by atoms with Gasteiger partial charge in [-0.05, 0) is 37.0 Å². The first-order chi connectivity index (χ1) is 13.1. The molecule has 1 heterocycles. The number of methoxy groups -OCH3 is 1. The highest BCUT2D eigenvalue weighted by molar-refractivity contribution is 8.04. The topological polar surface area (TPSA) is 58.6 Å². The molecule has 1 N–H and O–H groups in total. The SMILES string of the molecule is COCCNC(=O)CN1C(=O)/C(=C/c2ccccc2C)SC2CCCCC21. The summed E-state index contributed by atoms with van der Waals surface area (Å²) in [6.45, 7) is 3.11. The molecule has 27 heavy (non-hydrogen) atoms. The molecule has 146 valence electrons. The summed E-state index contributed by atoms with van der Waals surface area (Å²) in [4.78, 5) is 28.1. The summed E-state index contributed by atoms with van der Waals surface area (Å²) in [5, 5.41) is 3.21. The molecule has 3 rings (SSSR count). The molecule has 1 aliphatic heterocycles. The molecule has 0 radical (unpaired) electrons. The van der Waals surface area contributed by atoms with E-state index in [-0.39, 0.29) is 24.4 Å². The number of fused-ring (bicyclic) bond motifs is 1. The third-order valence-electron chi connectivity index (χ3n) is 5.24. The van der Waals surface area contributed by atoms with Crippen LogP contribution in [-0.4, -0.2) is 54.8 Å². The number of thioether (sulfide) groups is 1. The fourth-order valence-corrected chi connectivity index (χ4v) is 5.22. The molecule has 1 aromatic carbocycles. The summed E-state index contributed by atoms with van der Waals surface area (Å²) >= 11 is 1.70. The Morgan fingerprint density at radius 3 is 2.89 bits per heavy atom. The van der Waals surface area contributed by atoms with Crippen LogP contribution >= 0.6 is 11.8 Å². The van der Waals surface area contributed by atoms with Gasteiger partial charge in [0, 0.05) is 24.9 Å². The Kier molecular flexibility index (Phi) is 6.96. The summed E-state index contributed by atoms with van der Waals surface area (Å²) in [5.74, 6) is -0.139. The number of carbonyl (C=O) groups is 2. The van der Waals surface area contributed by atoms with Crippen LogP contribution in [0, 0.1) is 6.92 Å². The average Bonchev–Trinajstić information content (AvgIpc) is 2.67. The lowest BCUT2D eigenvalue weighted by Gasteiger charge is -2.43. The third kappa shape index (κ3) is 4.93. The molecule has 2 amide bonds. The van der Waals surface area contributed by atoms with Crippen LogP contribution in [-0.2, 0) is 14.3 Å². The zero-order valence-corrected chi connectivity index (χ0v) is 16.9. The van der Waals surface area contributed by atoms with Gasteiger partial charge in [-0.3, -0.25) is 9.59 Å². The summed E-state index contributed by atoms with van der Waals surface area (Å²) in [5.41, 5.74) is 2.21. The van der Waals surface area contributed by atoms with Crippen molar-refractivity contribution < 1.29 is 14.3 Å². The molecule has 1 aliphatic carbocycles. The van der Waals surface area contributed by atoms with Gasteiger partial charge in [-0.25, -0.2) is 0 Å². The van der Waals surface area contributed by atoms with Crippen molar-refractivity contribution in [1.29, 1.82) is 0 Å². The van der Waals surface area contributed by atoms with Crippen LogP contribution in [0.1, 0.15) is 36.8 Å². The maximum Gasteiger partial charge on any atom is 0.261 e. The monoisotopic (exact) mass is 388 g/mol. The highest BCUT2D eigenvalue weighted by Gasteiger charge is 2.41. The molecule has 1 aromatic rings. The third-order valence-corrected chi connectivity index (χ3v) is 6.63. The number of aryl methyl sites for hydroxylation is 1. The minimum atomic E-state index is -0.119. The molecule has 2 atom stereocenters. The Hall–Kier alpha value is -1.79. The van der Waals surface area contributed by atoms with Crippen molar-refractivity contribution in [3.63, 3.8) is 0 Å². The first-order valence-electron chi connectivity index (χ1n) is 9.60. The molecular formula is C21H28N2O3S. The predicted molar refractivity (Wildman–Crippen MR) is 109 cm³/mol. The number of rotatable bonds is 6. The van der Waals surface area contributed by atoms with Crippen molar-refractivity contribution in [2.24, 2.45) is 0 Å². The van der Waals surface area contributed by atoms with E-state index in [2.05, 4.69) is 18.3 Å². The van der Waals surface area contributed by atoms with E-state index in [0.717, 1.165) is 35.3 Å². The summed E-state index contributed by atoms with van der Waals surface area (Å²) < 4.78 is 4.98. The summed E-state index contributed by atoms with van der Waals surface area (Å²) in [6.07, 6.45) is 6.37. The van der Waals surface area contributed by atoms with E-state index in [4.69, 9.17) is 4.74 Å². The van der Waals surface area contributed by atoms with Gasteiger partial charge in [-0.2, -0.15) is 0 Å². The van der Waals surface area contributed by atoms with Crippen molar-refractivity contribution in [2.45, 2.75) is 43.9 Å². The highest BCUT2D eigenvalue weighted by atomic mass is 32.2. The Balaban J connectivity index is 1.80. The minimum Gasteiger partial charge on any atom is -0.383 e. The van der Waals surface area contributed by atoms with Crippen LogP contribution in [0.25, 0.3) is 6.08 Å². The zero-order chi connectivity index (χ0) is 19.2. The zero-order valence-electron chi connectivity index (χ0n) is 16.1. The normalized spacial score (nSPS) is 24.0. The van der Waals surface area contributed by atoms with E-state index in [1.165, 1.54) is 6.42 Å². The fraction of sp³-hybridized carbons (Fsp3) is 0.524. The maximum absolute atomic E-state index is 13.2. The van der Waals surface area contributed by atoms with Crippen molar-refractivity contribution >= 4 is 29.7 Å². The molecule has 2 unspecified atom stereocenters. The number of hydrogen-bond donors (Lipinski definition) is 1. The van der Waals surface area contributed by atoms with Crippen molar-refractivity contribution in [3.05, 3.63) is 40.3 Å². The molecule has 0 bridgehead atoms. The van der Waals surface area contributed by atoms with E-state index in [9.17, 15) is 9.59 Å². The summed E-state index contributed by atoms with van der Waals surface area (Å²) in [7, 11) is 1.60. The van der Waals surface area contributed by atoms with E-state index in [1.807, 2.05) is 24.3 Å². The lowest BCUT2D eigenvalue weighted by Crippen LogP contribution is -2.54. The molecule has 1 saturated heterocycles. The Morgan fingerprint density at radius 2 is 2.11 bits per heavy atom. The van der Waals surface area contributed by atoms with Crippen LogP contribution < -0.4 is 5.32 Å². The first kappa shape index (κ1) is 20.0. The fourth-order valence-electron chi connectivity index (χ4n) is 3.75. The van der Waals surface area contributed by atoms with Crippen molar-refractivity contribution in [3.8, 4) is 0 Å². The first-order valence-corrected chi connectivity index (χ1v) is 10.5. The predicted octanol–water partition coefficient (Wildman–Crippen LogP) is 2.99. The quantitative estimate of drug-likeness (QED) is 0.601. The van der Waals surface area contributed by atoms with E-state index < -0.39 is 0 Å². The minimum absolute atomic E-state index is 0.0201. The Bertz CT molecular complexity index is 719. The van der Waals surface area contributed by atoms with Gasteiger partial charge in [0.25, 0.3) is 5.91 Å². The molecule has 0 aromatic heterocycles. The lowest BCUT2D eigenvalue weighted by atomic mass is 9.93. The average molecular weight is 389 g/mol. The second kappa shape index (κ2) is 9.42. The Labute approximate surface area is 165 Å². The molecule has 2 aliphatic rings. The number of benzene rings is 1. The number of carbonyl (C=O) groups excluding carboxylic acids is 2. The van der Waals surface area contributed by atoms with E-state index >= 15 is 0 Å². The second-order valence-electron chi connectivity index (χ2n) is 7.15. The van der Waals surface area contributed by atoms with Crippen LogP contribution in [0.4, 0.5) is 0 Å². The number of nitrogens with zero attached hydrogens (tertiary/aromatic N) is 1. The molecular weight excluding hydrogens is 360 g/mol. The largest absolute Gasteiger partial charge is 0.383 e. The number of nitrogens with one attached hydrogen (secondary N) is 1. The number of amides is 2. The van der Waals surface area contributed by atoms with Gasteiger partial charge in [0.2, 0.25) is 5.91 Å². The van der Waals surface area contributed by atoms with Crippen LogP contribution in [0.5, 0.6) is 0 Å². The van der Waals surface area contributed by atoms with Gasteiger partial charge >= 0.3 is 0 Å². The van der Waals surface area contributed by atoms with Crippen molar-refractivity contribution in [1.82, 2.24) is 10.2 Å². The number of hydrogen-bond acceptors (Lipinski definition) is 4. The van der Waals surface area contributed by atoms with E-state index in [1.54, 1.807) is 23.8 Å². The van der Waals surface area contributed by atoms with E-state index in [0.29, 0.717) is 18.4 Å². The molecule has 0 spiro atoms. The van der Waals surface area contributed by atoms with Gasteiger partial charge in [0.15, 0.2) is 0 Å². The maximum atomic E-state index is 13.2. The van der Waals surface area contributed by atoms with Crippen LogP contribution in [0.2, 0.25) is 0 Å². The second-order valence-corrected chi connectivity index (χ2v) is 8.43. The van der Waals surface area contributed by atoms with Gasteiger partial charge in [-0.15, -0.1) is 11.8 Å². The molecule has 6 heteroatoms. The van der Waals surface area contributed by atoms with Crippen LogP contribution in [0.15, 0.2) is 29.2 Å². The van der Waals surface area contributed by atoms with Crippen LogP contribution in [0.3, 0.4) is 0 Å². The summed E-state index contributed by atoms with van der Waals surface area (Å²) in [6, 6.07) is 8.22. The smallest absolute Gasteiger partial charge is 0.261 e. The van der Waals surface area contributed by atoms with Gasteiger partial charge in [0.1, 0.15) is 6.54 Å². The van der Waals surface area contributed by atoms with Gasteiger partial charge < -0.3 is 15.0 Å². The standard InChI is InChI=1S/C21H28N2O3S/c1-15-7-3-4-8-16(15)13-19-21(25)23(14-20(24)22-11-12-26-2)17-9-5-6-10-18(17)27-19/h3-4,7-8,13,17-18H,5-6,9-12,14H2,1-2H3,(H,22,24)/b19-13-. The van der Waals surface area contributed by atoms with Gasteiger partial charge in [0.05, 0.1) is 11.5 Å². The lowest BCUT2D eigenvalue weighted by molar-refractivity contribution is -0.135. The molecule has 2 fully saturated rings. The van der Waals surface area contributed by atoms with Crippen molar-refractivity contribution in [2.75, 3.05) is 26.8 Å². The molecule has 5 nitrogen and oxygen atoms in total. The molecule has 1 saturated carbocycles. The number of ether oxygens (including phenoxy) is 1.